The molecule has 2 aromatic rings. The van der Waals surface area contributed by atoms with Crippen LogP contribution in [0.15, 0.2) is 12.1 Å². The lowest BCUT2D eigenvalue weighted by atomic mass is 10.1. The zero-order valence-electron chi connectivity index (χ0n) is 10.9. The van der Waals surface area contributed by atoms with Crippen LogP contribution in [0.5, 0.6) is 0 Å². The maximum absolute atomic E-state index is 3.58. The van der Waals surface area contributed by atoms with Gasteiger partial charge >= 0.3 is 0 Å². The molecule has 0 unspecified atom stereocenters. The molecule has 2 aromatic heterocycles. The lowest BCUT2D eigenvalue weighted by molar-refractivity contribution is 0.825. The molecule has 0 radical (unpaired) electrons. The average molecular weight is 245 g/mol. The van der Waals surface area contributed by atoms with Crippen molar-refractivity contribution in [1.82, 2.24) is 4.98 Å². The van der Waals surface area contributed by atoms with Gasteiger partial charge in [0.15, 0.2) is 0 Å². The molecule has 2 heteroatoms. The van der Waals surface area contributed by atoms with Crippen molar-refractivity contribution < 1.29 is 0 Å². The molecule has 2 heterocycles. The van der Waals surface area contributed by atoms with E-state index in [1.165, 1.54) is 32.3 Å². The van der Waals surface area contributed by atoms with Gasteiger partial charge in [-0.2, -0.15) is 0 Å². The molecular weight excluding hydrogens is 226 g/mol. The Hall–Kier alpha value is -1.02. The Balaban J connectivity index is 2.06. The third-order valence-electron chi connectivity index (χ3n) is 3.55. The summed E-state index contributed by atoms with van der Waals surface area (Å²) < 4.78 is 0. The predicted molar refractivity (Wildman–Crippen MR) is 75.1 cm³/mol. The van der Waals surface area contributed by atoms with Gasteiger partial charge in [-0.05, 0) is 29.5 Å². The summed E-state index contributed by atoms with van der Waals surface area (Å²) in [7, 11) is 0. The van der Waals surface area contributed by atoms with Gasteiger partial charge in [0.25, 0.3) is 0 Å². The zero-order chi connectivity index (χ0) is 12.2. The second kappa shape index (κ2) is 3.74. The first-order valence-corrected chi connectivity index (χ1v) is 7.22. The normalized spacial score (nSPS) is 13.5. The second-order valence-electron chi connectivity index (χ2n) is 5.61. The number of H-pyrrole nitrogens is 1. The Morgan fingerprint density at radius 2 is 1.88 bits per heavy atom. The van der Waals surface area contributed by atoms with Crippen LogP contribution < -0.4 is 0 Å². The van der Waals surface area contributed by atoms with Crippen molar-refractivity contribution >= 4 is 11.3 Å². The van der Waals surface area contributed by atoms with Gasteiger partial charge in [-0.25, -0.2) is 0 Å². The quantitative estimate of drug-likeness (QED) is 0.661. The van der Waals surface area contributed by atoms with E-state index in [0.29, 0.717) is 11.8 Å². The SMILES string of the molecule is CC(C)c1cc2c([nH]1)Cc1cc(C(C)C)sc1-2. The Bertz CT molecular complexity index is 507. The average Bonchev–Trinajstić information content (AvgIpc) is 2.84. The molecule has 1 aliphatic rings. The van der Waals surface area contributed by atoms with Crippen LogP contribution in [0.25, 0.3) is 10.4 Å². The summed E-state index contributed by atoms with van der Waals surface area (Å²) in [5.74, 6) is 1.24. The van der Waals surface area contributed by atoms with Crippen LogP contribution in [0.3, 0.4) is 0 Å². The summed E-state index contributed by atoms with van der Waals surface area (Å²) in [5, 5.41) is 0. The van der Waals surface area contributed by atoms with E-state index in [2.05, 4.69) is 44.8 Å². The van der Waals surface area contributed by atoms with Crippen molar-refractivity contribution in [3.63, 3.8) is 0 Å². The van der Waals surface area contributed by atoms with Crippen LogP contribution >= 0.6 is 11.3 Å². The number of rotatable bonds is 2. The first kappa shape index (κ1) is 11.1. The van der Waals surface area contributed by atoms with E-state index in [1.54, 1.807) is 0 Å². The maximum atomic E-state index is 3.58. The van der Waals surface area contributed by atoms with Crippen molar-refractivity contribution in [1.29, 1.82) is 0 Å². The molecule has 0 atom stereocenters. The molecule has 17 heavy (non-hydrogen) atoms. The number of hydrogen-bond acceptors (Lipinski definition) is 1. The molecular formula is C15H19NS. The van der Waals surface area contributed by atoms with Gasteiger partial charge in [0.2, 0.25) is 0 Å². The number of aromatic nitrogens is 1. The van der Waals surface area contributed by atoms with E-state index < -0.39 is 0 Å². The molecule has 0 bridgehead atoms. The monoisotopic (exact) mass is 245 g/mol. The highest BCUT2D eigenvalue weighted by Crippen LogP contribution is 2.44. The summed E-state index contributed by atoms with van der Waals surface area (Å²) >= 11 is 1.98. The topological polar surface area (TPSA) is 15.8 Å². The van der Waals surface area contributed by atoms with E-state index in [0.717, 1.165) is 6.42 Å². The minimum Gasteiger partial charge on any atom is -0.361 e. The van der Waals surface area contributed by atoms with Gasteiger partial charge in [0.05, 0.1) is 0 Å². The third-order valence-corrected chi connectivity index (χ3v) is 5.06. The van der Waals surface area contributed by atoms with Crippen molar-refractivity contribution in [3.8, 4) is 10.4 Å². The fourth-order valence-corrected chi connectivity index (χ4v) is 3.68. The summed E-state index contributed by atoms with van der Waals surface area (Å²) in [6, 6.07) is 4.75. The van der Waals surface area contributed by atoms with Gasteiger partial charge in [-0.15, -0.1) is 11.3 Å². The molecule has 0 amide bonds. The first-order valence-electron chi connectivity index (χ1n) is 6.41. The number of thiophene rings is 1. The van der Waals surface area contributed by atoms with Crippen LogP contribution in [0.4, 0.5) is 0 Å². The summed E-state index contributed by atoms with van der Waals surface area (Å²) in [4.78, 5) is 6.61. The van der Waals surface area contributed by atoms with Gasteiger partial charge in [0.1, 0.15) is 0 Å². The molecule has 0 fully saturated rings. The summed E-state index contributed by atoms with van der Waals surface area (Å²) in [6.07, 6.45) is 1.10. The highest BCUT2D eigenvalue weighted by atomic mass is 32.1. The van der Waals surface area contributed by atoms with Crippen LogP contribution in [0.2, 0.25) is 0 Å². The smallest absolute Gasteiger partial charge is 0.0399 e. The summed E-state index contributed by atoms with van der Waals surface area (Å²) in [5.41, 5.74) is 5.78. The van der Waals surface area contributed by atoms with E-state index in [1.807, 2.05) is 11.3 Å². The maximum Gasteiger partial charge on any atom is 0.0399 e. The molecule has 1 aliphatic carbocycles. The molecule has 90 valence electrons. The van der Waals surface area contributed by atoms with Crippen molar-refractivity contribution in [2.75, 3.05) is 0 Å². The highest BCUT2D eigenvalue weighted by molar-refractivity contribution is 7.15. The Morgan fingerprint density at radius 3 is 2.53 bits per heavy atom. The second-order valence-corrected chi connectivity index (χ2v) is 6.69. The Kier molecular flexibility index (Phi) is 2.44. The standard InChI is InChI=1S/C15H19NS/c1-8(2)12-7-11-13(16-12)5-10-6-14(9(3)4)17-15(10)11/h6-9,16H,5H2,1-4H3. The van der Waals surface area contributed by atoms with Crippen LogP contribution in [0.1, 0.15) is 61.4 Å². The number of fused-ring (bicyclic) bond motifs is 3. The van der Waals surface area contributed by atoms with E-state index in [9.17, 15) is 0 Å². The number of hydrogen-bond donors (Lipinski definition) is 1. The fourth-order valence-electron chi connectivity index (χ4n) is 2.46. The van der Waals surface area contributed by atoms with Crippen LogP contribution in [0, 0.1) is 0 Å². The van der Waals surface area contributed by atoms with E-state index in [4.69, 9.17) is 0 Å². The van der Waals surface area contributed by atoms with Crippen molar-refractivity contribution in [2.24, 2.45) is 0 Å². The van der Waals surface area contributed by atoms with Crippen LogP contribution in [-0.2, 0) is 6.42 Å². The number of nitrogens with one attached hydrogen (secondary N) is 1. The third kappa shape index (κ3) is 1.66. The Labute approximate surface area is 107 Å². The highest BCUT2D eigenvalue weighted by Gasteiger charge is 2.25. The lowest BCUT2D eigenvalue weighted by Crippen LogP contribution is -1.89. The summed E-state index contributed by atoms with van der Waals surface area (Å²) in [6.45, 7) is 9.04. The molecule has 1 nitrogen and oxygen atoms in total. The molecule has 0 saturated carbocycles. The minimum absolute atomic E-state index is 0.591. The largest absolute Gasteiger partial charge is 0.361 e. The molecule has 0 spiro atoms. The van der Waals surface area contributed by atoms with E-state index >= 15 is 0 Å². The van der Waals surface area contributed by atoms with Gasteiger partial charge in [-0.3, -0.25) is 0 Å². The lowest BCUT2D eigenvalue weighted by Gasteiger charge is -2.00. The van der Waals surface area contributed by atoms with E-state index in [-0.39, 0.29) is 0 Å². The van der Waals surface area contributed by atoms with Crippen molar-refractivity contribution in [3.05, 3.63) is 34.0 Å². The minimum atomic E-state index is 0.591. The fraction of sp³-hybridized carbons (Fsp3) is 0.467. The van der Waals surface area contributed by atoms with Crippen LogP contribution in [-0.4, -0.2) is 4.98 Å². The van der Waals surface area contributed by atoms with Gasteiger partial charge in [0, 0.05) is 33.1 Å². The molecule has 0 saturated heterocycles. The van der Waals surface area contributed by atoms with Gasteiger partial charge in [-0.1, -0.05) is 27.7 Å². The zero-order valence-corrected chi connectivity index (χ0v) is 11.7. The molecule has 3 rings (SSSR count). The predicted octanol–water partition coefficient (Wildman–Crippen LogP) is 4.89. The number of aromatic amines is 1. The van der Waals surface area contributed by atoms with Crippen molar-refractivity contribution in [2.45, 2.75) is 46.0 Å². The molecule has 0 aromatic carbocycles. The molecule has 1 N–H and O–H groups in total. The van der Waals surface area contributed by atoms with Gasteiger partial charge < -0.3 is 4.98 Å². The molecule has 0 aliphatic heterocycles. The first-order chi connectivity index (χ1) is 8.06. The Morgan fingerprint density at radius 1 is 1.12 bits per heavy atom.